The average molecular weight is 216 g/mol. The van der Waals surface area contributed by atoms with E-state index in [2.05, 4.69) is 0 Å². The summed E-state index contributed by atoms with van der Waals surface area (Å²) in [5.41, 5.74) is 0. The third-order valence-electron chi connectivity index (χ3n) is 0. The molecule has 0 fully saturated rings. The monoisotopic (exact) mass is 216 g/mol. The molecule has 0 aliphatic heterocycles. The molecule has 2 N–H and O–H groups in total. The van der Waals surface area contributed by atoms with Crippen molar-refractivity contribution >= 4 is 26.9 Å². The second-order valence-corrected chi connectivity index (χ2v) is 0.783. The van der Waals surface area contributed by atoms with Crippen molar-refractivity contribution in [3.8, 4) is 0 Å². The number of carboxylic acid groups (broad SMARTS) is 6. The Labute approximate surface area is 101 Å². The SMILES string of the molecule is O=C(O)O.O=C([O-])[O-].O=C([O-])[O-].[B+3].[Na+]. The van der Waals surface area contributed by atoms with Gasteiger partial charge in [0.25, 0.3) is 0 Å². The summed E-state index contributed by atoms with van der Waals surface area (Å²) in [6.07, 6.45) is -6.50. The fraction of sp³-hybridized carbons (Fsp3) is 0. The first-order valence-corrected chi connectivity index (χ1v) is 1.88. The standard InChI is InChI=1S/3CH2O3.B.Na/c3*2-1(3)4;;/h3*(H2,2,3,4);;/q;;;+3;+1/p-4. The Kier molecular flexibility index (Phi) is 47.4. The van der Waals surface area contributed by atoms with Crippen LogP contribution in [0.4, 0.5) is 14.4 Å². The number of carbonyl (C=O) groups is 3. The van der Waals surface area contributed by atoms with E-state index in [0.29, 0.717) is 0 Å². The molecule has 0 heterocycles. The van der Waals surface area contributed by atoms with Crippen molar-refractivity contribution in [1.82, 2.24) is 0 Å². The van der Waals surface area contributed by atoms with Gasteiger partial charge in [-0.2, -0.15) is 0 Å². The summed E-state index contributed by atoms with van der Waals surface area (Å²) in [6.45, 7) is 0. The zero-order valence-corrected chi connectivity index (χ0v) is 8.83. The van der Waals surface area contributed by atoms with E-state index >= 15 is 0 Å². The fourth-order valence-electron chi connectivity index (χ4n) is 0. The molecule has 0 rings (SSSR count). The molecule has 0 bridgehead atoms. The molecule has 0 aliphatic carbocycles. The molecule has 0 aliphatic rings. The molecule has 0 saturated heterocycles. The van der Waals surface area contributed by atoms with Crippen molar-refractivity contribution in [3.05, 3.63) is 0 Å². The van der Waals surface area contributed by atoms with Gasteiger partial charge in [0, 0.05) is 0 Å². The van der Waals surface area contributed by atoms with Crippen LogP contribution in [0.1, 0.15) is 0 Å². The average Bonchev–Trinajstić information content (AvgIpc) is 1.54. The normalized spacial score (nSPS) is 5.14. The van der Waals surface area contributed by atoms with Gasteiger partial charge in [-0.15, -0.1) is 0 Å². The van der Waals surface area contributed by atoms with E-state index in [1.807, 2.05) is 0 Å². The smallest absolute Gasteiger partial charge is 0.652 e. The van der Waals surface area contributed by atoms with E-state index < -0.39 is 18.5 Å². The fourth-order valence-corrected chi connectivity index (χ4v) is 0. The van der Waals surface area contributed by atoms with Crippen LogP contribution in [-0.2, 0) is 0 Å². The van der Waals surface area contributed by atoms with Crippen LogP contribution < -0.4 is 50.0 Å². The number of carbonyl (C=O) groups excluding carboxylic acids is 2. The molecular weight excluding hydrogens is 214 g/mol. The quantitative estimate of drug-likeness (QED) is 0.370. The second-order valence-electron chi connectivity index (χ2n) is 0.783. The Bertz CT molecular complexity index is 118. The number of hydrogen-bond donors (Lipinski definition) is 2. The molecule has 0 amide bonds. The van der Waals surface area contributed by atoms with Crippen LogP contribution in [0.15, 0.2) is 0 Å². The van der Waals surface area contributed by atoms with Crippen LogP contribution in [0, 0.1) is 0 Å². The van der Waals surface area contributed by atoms with Crippen molar-refractivity contribution < 1.29 is 74.6 Å². The summed E-state index contributed by atoms with van der Waals surface area (Å²) in [6, 6.07) is 0. The molecule has 0 radical (unpaired) electrons. The van der Waals surface area contributed by atoms with Gasteiger partial charge >= 0.3 is 44.1 Å². The van der Waals surface area contributed by atoms with Gasteiger partial charge in [-0.25, -0.2) is 4.79 Å². The van der Waals surface area contributed by atoms with Crippen molar-refractivity contribution in [1.29, 1.82) is 0 Å². The van der Waals surface area contributed by atoms with Crippen molar-refractivity contribution in [2.75, 3.05) is 0 Å². The Morgan fingerprint density at radius 3 is 0.786 bits per heavy atom. The molecule has 0 aromatic heterocycles. The summed E-state index contributed by atoms with van der Waals surface area (Å²) in [4.78, 5) is 25.2. The zero-order valence-electron chi connectivity index (χ0n) is 6.83. The van der Waals surface area contributed by atoms with E-state index in [9.17, 15) is 0 Å². The number of rotatable bonds is 0. The molecule has 0 spiro atoms. The van der Waals surface area contributed by atoms with Crippen molar-refractivity contribution in [2.45, 2.75) is 0 Å². The van der Waals surface area contributed by atoms with Crippen LogP contribution in [0.25, 0.3) is 0 Å². The van der Waals surface area contributed by atoms with E-state index in [0.717, 1.165) is 0 Å². The largest absolute Gasteiger partial charge is 3.00 e. The summed E-state index contributed by atoms with van der Waals surface area (Å²) < 4.78 is 0. The first kappa shape index (κ1) is 29.3. The summed E-state index contributed by atoms with van der Waals surface area (Å²) >= 11 is 0. The van der Waals surface area contributed by atoms with Crippen LogP contribution in [0.3, 0.4) is 0 Å². The predicted octanol–water partition coefficient (Wildman–Crippen LogP) is -8.05. The Morgan fingerprint density at radius 1 is 0.786 bits per heavy atom. The Balaban J connectivity index is -0.0000000270. The maximum absolute atomic E-state index is 8.56. The zero-order chi connectivity index (χ0) is 10.7. The minimum absolute atomic E-state index is 0. The molecular formula is C3H2BNaO9. The van der Waals surface area contributed by atoms with E-state index in [1.54, 1.807) is 0 Å². The molecule has 0 atom stereocenters. The van der Waals surface area contributed by atoms with Gasteiger partial charge in [0.2, 0.25) is 0 Å². The summed E-state index contributed by atoms with van der Waals surface area (Å²) in [5, 5.41) is 47.3. The van der Waals surface area contributed by atoms with Crippen LogP contribution in [-0.4, -0.2) is 37.1 Å². The molecule has 14 heavy (non-hydrogen) atoms. The Hall–Kier alpha value is -1.13. The van der Waals surface area contributed by atoms with Gasteiger partial charge in [-0.1, -0.05) is 0 Å². The van der Waals surface area contributed by atoms with Gasteiger partial charge in [-0.3, -0.25) is 0 Å². The first-order valence-electron chi connectivity index (χ1n) is 1.88. The van der Waals surface area contributed by atoms with Crippen LogP contribution in [0.5, 0.6) is 0 Å². The molecule has 0 unspecified atom stereocenters. The van der Waals surface area contributed by atoms with Gasteiger partial charge < -0.3 is 40.2 Å². The molecule has 11 heteroatoms. The van der Waals surface area contributed by atoms with E-state index in [1.165, 1.54) is 0 Å². The number of hydrogen-bond acceptors (Lipinski definition) is 7. The minimum atomic E-state index is -2.33. The second kappa shape index (κ2) is 22.6. The molecule has 0 aromatic rings. The van der Waals surface area contributed by atoms with Gasteiger partial charge in [-0.05, 0) is 12.3 Å². The summed E-state index contributed by atoms with van der Waals surface area (Å²) in [5.74, 6) is 0. The van der Waals surface area contributed by atoms with Gasteiger partial charge in [0.1, 0.15) is 0 Å². The molecule has 0 saturated carbocycles. The minimum Gasteiger partial charge on any atom is -0.652 e. The van der Waals surface area contributed by atoms with Crippen LogP contribution >= 0.6 is 0 Å². The van der Waals surface area contributed by atoms with Crippen LogP contribution in [0.2, 0.25) is 0 Å². The van der Waals surface area contributed by atoms with Gasteiger partial charge in [0.15, 0.2) is 0 Å². The maximum atomic E-state index is 8.56. The molecule has 72 valence electrons. The third-order valence-corrected chi connectivity index (χ3v) is 0. The molecule has 0 aromatic carbocycles. The summed E-state index contributed by atoms with van der Waals surface area (Å²) in [7, 11) is 0. The first-order chi connectivity index (χ1) is 5.20. The van der Waals surface area contributed by atoms with Crippen molar-refractivity contribution in [3.63, 3.8) is 0 Å². The maximum Gasteiger partial charge on any atom is 3.00 e. The van der Waals surface area contributed by atoms with E-state index in [4.69, 9.17) is 45.0 Å². The predicted molar refractivity (Wildman–Crippen MR) is 27.2 cm³/mol. The van der Waals surface area contributed by atoms with Gasteiger partial charge in [0.05, 0.1) is 0 Å². The van der Waals surface area contributed by atoms with Crippen molar-refractivity contribution in [2.24, 2.45) is 0 Å². The molecule has 9 nitrogen and oxygen atoms in total. The topological polar surface area (TPSA) is 184 Å². The van der Waals surface area contributed by atoms with E-state index in [-0.39, 0.29) is 38.0 Å². The Morgan fingerprint density at radius 2 is 0.786 bits per heavy atom. The third kappa shape index (κ3) is 838.